The van der Waals surface area contributed by atoms with Crippen LogP contribution in [-0.4, -0.2) is 16.7 Å². The van der Waals surface area contributed by atoms with Gasteiger partial charge in [0.25, 0.3) is 5.91 Å². The Morgan fingerprint density at radius 2 is 1.37 bits per heavy atom. The van der Waals surface area contributed by atoms with Crippen LogP contribution in [0.5, 0.6) is 5.75 Å². The molecule has 0 saturated carbocycles. The molecule has 27 heavy (non-hydrogen) atoms. The van der Waals surface area contributed by atoms with Gasteiger partial charge in [0, 0.05) is 16.7 Å². The van der Waals surface area contributed by atoms with Crippen molar-refractivity contribution < 1.29 is 9.90 Å². The zero-order valence-corrected chi connectivity index (χ0v) is 17.3. The third-order valence-corrected chi connectivity index (χ3v) is 4.50. The second kappa shape index (κ2) is 7.55. The molecule has 2 aromatic rings. The normalized spacial score (nSPS) is 12.8. The van der Waals surface area contributed by atoms with Gasteiger partial charge in [-0.25, -0.2) is 5.43 Å². The van der Waals surface area contributed by atoms with Crippen LogP contribution in [0.15, 0.2) is 47.6 Å². The summed E-state index contributed by atoms with van der Waals surface area (Å²) in [7, 11) is 0. The van der Waals surface area contributed by atoms with Crippen molar-refractivity contribution in [1.29, 1.82) is 0 Å². The summed E-state index contributed by atoms with van der Waals surface area (Å²) >= 11 is 0. The SMILES string of the molecule is CC(=NNC(=O)c1ccccc1)c1cc(C(C)(C)C)c(O)c(C(C)(C)C)c1. The van der Waals surface area contributed by atoms with Crippen LogP contribution >= 0.6 is 0 Å². The van der Waals surface area contributed by atoms with E-state index >= 15 is 0 Å². The van der Waals surface area contributed by atoms with Crippen molar-refractivity contribution in [2.75, 3.05) is 0 Å². The molecule has 4 heteroatoms. The van der Waals surface area contributed by atoms with Crippen molar-refractivity contribution in [2.45, 2.75) is 59.3 Å². The maximum absolute atomic E-state index is 12.2. The van der Waals surface area contributed by atoms with E-state index in [1.807, 2.05) is 37.3 Å². The Labute approximate surface area is 162 Å². The van der Waals surface area contributed by atoms with Gasteiger partial charge in [-0.05, 0) is 47.6 Å². The molecule has 0 atom stereocenters. The van der Waals surface area contributed by atoms with Crippen LogP contribution in [0.4, 0.5) is 0 Å². The molecule has 144 valence electrons. The lowest BCUT2D eigenvalue weighted by Crippen LogP contribution is -2.21. The van der Waals surface area contributed by atoms with Crippen LogP contribution in [0, 0.1) is 0 Å². The highest BCUT2D eigenvalue weighted by Crippen LogP contribution is 2.39. The molecule has 0 aromatic heterocycles. The second-order valence-electron chi connectivity index (χ2n) is 8.92. The first-order valence-corrected chi connectivity index (χ1v) is 9.19. The number of phenols is 1. The third kappa shape index (κ3) is 4.97. The zero-order chi connectivity index (χ0) is 20.4. The van der Waals surface area contributed by atoms with Crippen molar-refractivity contribution in [3.05, 3.63) is 64.7 Å². The van der Waals surface area contributed by atoms with E-state index in [0.29, 0.717) is 17.0 Å². The molecule has 2 aromatic carbocycles. The molecule has 0 spiro atoms. The average molecular weight is 367 g/mol. The van der Waals surface area contributed by atoms with E-state index in [1.54, 1.807) is 12.1 Å². The Hall–Kier alpha value is -2.62. The fourth-order valence-electron chi connectivity index (χ4n) is 2.84. The van der Waals surface area contributed by atoms with Crippen LogP contribution in [0.1, 0.15) is 75.5 Å². The Balaban J connectivity index is 2.43. The van der Waals surface area contributed by atoms with E-state index in [-0.39, 0.29) is 16.7 Å². The molecule has 0 aliphatic carbocycles. The maximum atomic E-state index is 12.2. The number of nitrogens with zero attached hydrogens (tertiary/aromatic N) is 1. The van der Waals surface area contributed by atoms with Gasteiger partial charge in [0.2, 0.25) is 0 Å². The zero-order valence-electron chi connectivity index (χ0n) is 17.3. The molecular formula is C23H30N2O2. The van der Waals surface area contributed by atoms with Crippen molar-refractivity contribution in [3.63, 3.8) is 0 Å². The summed E-state index contributed by atoms with van der Waals surface area (Å²) in [4.78, 5) is 12.2. The summed E-state index contributed by atoms with van der Waals surface area (Å²) in [6.45, 7) is 14.3. The van der Waals surface area contributed by atoms with Gasteiger partial charge in [0.05, 0.1) is 5.71 Å². The number of rotatable bonds is 3. The third-order valence-electron chi connectivity index (χ3n) is 4.50. The Morgan fingerprint density at radius 1 is 0.889 bits per heavy atom. The summed E-state index contributed by atoms with van der Waals surface area (Å²) in [5.41, 5.74) is 6.06. The lowest BCUT2D eigenvalue weighted by Gasteiger charge is -2.28. The molecule has 0 unspecified atom stereocenters. The summed E-state index contributed by atoms with van der Waals surface area (Å²) in [5, 5.41) is 15.1. The van der Waals surface area contributed by atoms with Crippen molar-refractivity contribution in [3.8, 4) is 5.75 Å². The molecule has 0 heterocycles. The Morgan fingerprint density at radius 3 is 1.81 bits per heavy atom. The molecule has 0 radical (unpaired) electrons. The first-order chi connectivity index (χ1) is 12.4. The molecule has 0 aliphatic rings. The highest BCUT2D eigenvalue weighted by molar-refractivity contribution is 6.01. The van der Waals surface area contributed by atoms with Crippen LogP contribution in [0.3, 0.4) is 0 Å². The summed E-state index contributed by atoms with van der Waals surface area (Å²) in [6, 6.07) is 12.9. The van der Waals surface area contributed by atoms with E-state index in [1.165, 1.54) is 0 Å². The molecule has 0 bridgehead atoms. The van der Waals surface area contributed by atoms with E-state index < -0.39 is 0 Å². The highest BCUT2D eigenvalue weighted by atomic mass is 16.3. The van der Waals surface area contributed by atoms with Crippen LogP contribution in [-0.2, 0) is 10.8 Å². The lowest BCUT2D eigenvalue weighted by atomic mass is 9.78. The van der Waals surface area contributed by atoms with Gasteiger partial charge < -0.3 is 5.11 Å². The first kappa shape index (κ1) is 20.7. The van der Waals surface area contributed by atoms with Gasteiger partial charge in [-0.3, -0.25) is 4.79 Å². The van der Waals surface area contributed by atoms with E-state index in [2.05, 4.69) is 52.1 Å². The largest absolute Gasteiger partial charge is 0.507 e. The predicted molar refractivity (Wildman–Crippen MR) is 112 cm³/mol. The molecule has 2 rings (SSSR count). The molecule has 4 nitrogen and oxygen atoms in total. The molecule has 0 aliphatic heterocycles. The van der Waals surface area contributed by atoms with Gasteiger partial charge in [-0.1, -0.05) is 59.7 Å². The first-order valence-electron chi connectivity index (χ1n) is 9.19. The smallest absolute Gasteiger partial charge is 0.271 e. The Bertz CT molecular complexity index is 819. The Kier molecular flexibility index (Phi) is 5.79. The van der Waals surface area contributed by atoms with Crippen LogP contribution in [0.25, 0.3) is 0 Å². The number of aromatic hydroxyl groups is 1. The number of benzene rings is 2. The number of hydrogen-bond donors (Lipinski definition) is 2. The topological polar surface area (TPSA) is 61.7 Å². The second-order valence-corrected chi connectivity index (χ2v) is 8.92. The van der Waals surface area contributed by atoms with Crippen LogP contribution < -0.4 is 5.43 Å². The van der Waals surface area contributed by atoms with Crippen molar-refractivity contribution >= 4 is 11.6 Å². The van der Waals surface area contributed by atoms with E-state index in [9.17, 15) is 9.90 Å². The van der Waals surface area contributed by atoms with E-state index in [4.69, 9.17) is 0 Å². The molecule has 0 saturated heterocycles. The summed E-state index contributed by atoms with van der Waals surface area (Å²) < 4.78 is 0. The van der Waals surface area contributed by atoms with Gasteiger partial charge in [0.1, 0.15) is 5.75 Å². The van der Waals surface area contributed by atoms with Gasteiger partial charge in [-0.15, -0.1) is 0 Å². The summed E-state index contributed by atoms with van der Waals surface area (Å²) in [5.74, 6) is 0.0840. The van der Waals surface area contributed by atoms with Gasteiger partial charge in [-0.2, -0.15) is 5.10 Å². The quantitative estimate of drug-likeness (QED) is 0.583. The number of carbonyl (C=O) groups is 1. The fraction of sp³-hybridized carbons (Fsp3) is 0.391. The number of amides is 1. The number of hydrogen-bond acceptors (Lipinski definition) is 3. The minimum atomic E-state index is -0.249. The average Bonchev–Trinajstić information content (AvgIpc) is 2.58. The lowest BCUT2D eigenvalue weighted by molar-refractivity contribution is 0.0955. The van der Waals surface area contributed by atoms with E-state index in [0.717, 1.165) is 16.7 Å². The maximum Gasteiger partial charge on any atom is 0.271 e. The molecule has 0 fully saturated rings. The predicted octanol–water partition coefficient (Wildman–Crippen LogP) is 5.14. The standard InChI is InChI=1S/C23H30N2O2/c1-15(24-25-21(27)16-11-9-8-10-12-16)17-13-18(22(2,3)4)20(26)19(14-17)23(5,6)7/h8-14,26H,1-7H3,(H,25,27). The van der Waals surface area contributed by atoms with Crippen molar-refractivity contribution in [2.24, 2.45) is 5.10 Å². The van der Waals surface area contributed by atoms with Crippen LogP contribution in [0.2, 0.25) is 0 Å². The van der Waals surface area contributed by atoms with Gasteiger partial charge in [0.15, 0.2) is 0 Å². The minimum Gasteiger partial charge on any atom is -0.507 e. The molecule has 1 amide bonds. The number of phenolic OH excluding ortho intramolecular Hbond substituents is 1. The number of nitrogens with one attached hydrogen (secondary N) is 1. The molecular weight excluding hydrogens is 336 g/mol. The summed E-state index contributed by atoms with van der Waals surface area (Å²) in [6.07, 6.45) is 0. The minimum absolute atomic E-state index is 0.215. The highest BCUT2D eigenvalue weighted by Gasteiger charge is 2.27. The van der Waals surface area contributed by atoms with Gasteiger partial charge >= 0.3 is 0 Å². The number of hydrazone groups is 1. The number of carbonyl (C=O) groups excluding carboxylic acids is 1. The molecule has 2 N–H and O–H groups in total. The fourth-order valence-corrected chi connectivity index (χ4v) is 2.84. The monoisotopic (exact) mass is 366 g/mol. The van der Waals surface area contributed by atoms with Crippen molar-refractivity contribution in [1.82, 2.24) is 5.43 Å².